The Morgan fingerprint density at radius 2 is 2.05 bits per heavy atom. The Hall–Kier alpha value is -2.89. The van der Waals surface area contributed by atoms with Crippen LogP contribution in [0.5, 0.6) is 5.75 Å². The molecule has 106 valence electrons. The fourth-order valence-electron chi connectivity index (χ4n) is 2.35. The summed E-state index contributed by atoms with van der Waals surface area (Å²) in [7, 11) is 1.53. The van der Waals surface area contributed by atoms with Crippen LogP contribution in [0.1, 0.15) is 26.4 Å². The van der Waals surface area contributed by atoms with Gasteiger partial charge in [-0.05, 0) is 30.3 Å². The molecule has 6 nitrogen and oxygen atoms in total. The van der Waals surface area contributed by atoms with Crippen LogP contribution in [0, 0.1) is 0 Å². The highest BCUT2D eigenvalue weighted by Gasteiger charge is 2.36. The summed E-state index contributed by atoms with van der Waals surface area (Å²) in [6.07, 6.45) is 1.49. The highest BCUT2D eigenvalue weighted by atomic mass is 16.5. The van der Waals surface area contributed by atoms with E-state index in [2.05, 4.69) is 4.98 Å². The van der Waals surface area contributed by atoms with Gasteiger partial charge in [0.1, 0.15) is 11.4 Å². The number of nitrogens with two attached hydrogens (primary N) is 1. The van der Waals surface area contributed by atoms with E-state index in [9.17, 15) is 9.59 Å². The highest BCUT2D eigenvalue weighted by molar-refractivity contribution is 6.20. The molecule has 1 aliphatic heterocycles. The van der Waals surface area contributed by atoms with Crippen LogP contribution in [0.3, 0.4) is 0 Å². The third-order valence-corrected chi connectivity index (χ3v) is 3.36. The number of imide groups is 1. The summed E-state index contributed by atoms with van der Waals surface area (Å²) < 4.78 is 5.24. The van der Waals surface area contributed by atoms with E-state index in [4.69, 9.17) is 10.5 Å². The second-order valence-corrected chi connectivity index (χ2v) is 4.67. The fraction of sp³-hybridized carbons (Fsp3) is 0.133. The first kappa shape index (κ1) is 13.1. The molecule has 3 rings (SSSR count). The first-order valence-corrected chi connectivity index (χ1v) is 6.35. The molecule has 1 aromatic heterocycles. The molecule has 1 aromatic carbocycles. The van der Waals surface area contributed by atoms with Gasteiger partial charge in [0.15, 0.2) is 0 Å². The van der Waals surface area contributed by atoms with Crippen LogP contribution in [0.4, 0.5) is 5.69 Å². The Morgan fingerprint density at radius 1 is 1.24 bits per heavy atom. The number of amides is 2. The summed E-state index contributed by atoms with van der Waals surface area (Å²) in [6.45, 7) is 0.0994. The number of fused-ring (bicyclic) bond motifs is 1. The fourth-order valence-corrected chi connectivity index (χ4v) is 2.35. The zero-order valence-corrected chi connectivity index (χ0v) is 11.4. The van der Waals surface area contributed by atoms with Crippen LogP contribution in [0.15, 0.2) is 36.5 Å². The van der Waals surface area contributed by atoms with Crippen molar-refractivity contribution in [2.24, 2.45) is 0 Å². The number of aromatic nitrogens is 1. The van der Waals surface area contributed by atoms with Crippen LogP contribution in [-0.4, -0.2) is 28.8 Å². The Kier molecular flexibility index (Phi) is 3.06. The monoisotopic (exact) mass is 283 g/mol. The number of carbonyl (C=O) groups excluding carboxylic acids is 2. The standard InChI is InChI=1S/C15H13N3O3/c1-21-12-5-4-10(16)7-9(12)8-18-14(19)11-3-2-6-17-13(11)15(18)20/h2-7H,8,16H2,1H3. The summed E-state index contributed by atoms with van der Waals surface area (Å²) >= 11 is 0. The topological polar surface area (TPSA) is 85.5 Å². The Balaban J connectivity index is 1.96. The molecule has 2 heterocycles. The van der Waals surface area contributed by atoms with Gasteiger partial charge in [-0.15, -0.1) is 0 Å². The van der Waals surface area contributed by atoms with Gasteiger partial charge < -0.3 is 10.5 Å². The molecule has 0 radical (unpaired) electrons. The van der Waals surface area contributed by atoms with E-state index in [1.165, 1.54) is 13.3 Å². The van der Waals surface area contributed by atoms with E-state index in [1.54, 1.807) is 30.3 Å². The Morgan fingerprint density at radius 3 is 2.76 bits per heavy atom. The molecular formula is C15H13N3O3. The molecule has 21 heavy (non-hydrogen) atoms. The van der Waals surface area contributed by atoms with Gasteiger partial charge in [0.2, 0.25) is 0 Å². The number of ether oxygens (including phenoxy) is 1. The maximum Gasteiger partial charge on any atom is 0.280 e. The summed E-state index contributed by atoms with van der Waals surface area (Å²) in [5, 5.41) is 0. The van der Waals surface area contributed by atoms with Crippen molar-refractivity contribution >= 4 is 17.5 Å². The van der Waals surface area contributed by atoms with Crippen molar-refractivity contribution in [3.8, 4) is 5.75 Å². The molecule has 2 N–H and O–H groups in total. The number of benzene rings is 1. The molecular weight excluding hydrogens is 270 g/mol. The smallest absolute Gasteiger partial charge is 0.280 e. The minimum absolute atomic E-state index is 0.0994. The molecule has 0 saturated heterocycles. The predicted octanol–water partition coefficient (Wildman–Crippen LogP) is 1.47. The van der Waals surface area contributed by atoms with Crippen LogP contribution >= 0.6 is 0 Å². The summed E-state index contributed by atoms with van der Waals surface area (Å²) in [5.41, 5.74) is 7.48. The third kappa shape index (κ3) is 2.10. The molecule has 0 bridgehead atoms. The maximum absolute atomic E-state index is 12.3. The summed E-state index contributed by atoms with van der Waals surface area (Å²) in [5.74, 6) is -0.179. The molecule has 1 aliphatic rings. The van der Waals surface area contributed by atoms with Gasteiger partial charge in [0.25, 0.3) is 11.8 Å². The molecule has 0 aliphatic carbocycles. The number of nitrogens with zero attached hydrogens (tertiary/aromatic N) is 2. The minimum Gasteiger partial charge on any atom is -0.496 e. The number of carbonyl (C=O) groups is 2. The van der Waals surface area contributed by atoms with Gasteiger partial charge in [-0.25, -0.2) is 0 Å². The van der Waals surface area contributed by atoms with Gasteiger partial charge in [0, 0.05) is 17.4 Å². The number of anilines is 1. The number of hydrogen-bond acceptors (Lipinski definition) is 5. The van der Waals surface area contributed by atoms with E-state index in [0.717, 1.165) is 4.90 Å². The second-order valence-electron chi connectivity index (χ2n) is 4.67. The SMILES string of the molecule is COc1ccc(N)cc1CN1C(=O)c2cccnc2C1=O. The van der Waals surface area contributed by atoms with Crippen molar-refractivity contribution in [2.75, 3.05) is 12.8 Å². The first-order chi connectivity index (χ1) is 10.1. The highest BCUT2D eigenvalue weighted by Crippen LogP contribution is 2.27. The van der Waals surface area contributed by atoms with Gasteiger partial charge in [-0.2, -0.15) is 0 Å². The predicted molar refractivity (Wildman–Crippen MR) is 75.8 cm³/mol. The lowest BCUT2D eigenvalue weighted by Crippen LogP contribution is -2.29. The molecule has 0 saturated carbocycles. The lowest BCUT2D eigenvalue weighted by molar-refractivity contribution is 0.0639. The van der Waals surface area contributed by atoms with E-state index in [1.807, 2.05) is 0 Å². The van der Waals surface area contributed by atoms with Crippen molar-refractivity contribution in [3.63, 3.8) is 0 Å². The average Bonchev–Trinajstić information content (AvgIpc) is 2.73. The first-order valence-electron chi connectivity index (χ1n) is 6.35. The number of rotatable bonds is 3. The summed E-state index contributed by atoms with van der Waals surface area (Å²) in [4.78, 5) is 29.7. The summed E-state index contributed by atoms with van der Waals surface area (Å²) in [6, 6.07) is 8.33. The quantitative estimate of drug-likeness (QED) is 0.681. The van der Waals surface area contributed by atoms with Crippen LogP contribution in [-0.2, 0) is 6.54 Å². The number of pyridine rings is 1. The average molecular weight is 283 g/mol. The maximum atomic E-state index is 12.3. The molecule has 0 unspecified atom stereocenters. The number of methoxy groups -OCH3 is 1. The van der Waals surface area contributed by atoms with Gasteiger partial charge in [-0.1, -0.05) is 0 Å². The molecule has 0 atom stereocenters. The van der Waals surface area contributed by atoms with Gasteiger partial charge in [0.05, 0.1) is 19.2 Å². The van der Waals surface area contributed by atoms with Crippen LogP contribution in [0.2, 0.25) is 0 Å². The normalized spacial score (nSPS) is 13.5. The third-order valence-electron chi connectivity index (χ3n) is 3.36. The van der Waals surface area contributed by atoms with Crippen LogP contribution < -0.4 is 10.5 Å². The molecule has 0 fully saturated rings. The molecule has 2 amide bonds. The Labute approximate surface area is 121 Å². The van der Waals surface area contributed by atoms with E-state index >= 15 is 0 Å². The number of nitrogen functional groups attached to an aromatic ring is 1. The van der Waals surface area contributed by atoms with E-state index in [0.29, 0.717) is 22.6 Å². The molecule has 6 heteroatoms. The van der Waals surface area contributed by atoms with Gasteiger partial charge in [-0.3, -0.25) is 19.5 Å². The van der Waals surface area contributed by atoms with Crippen molar-refractivity contribution < 1.29 is 14.3 Å². The van der Waals surface area contributed by atoms with Crippen LogP contribution in [0.25, 0.3) is 0 Å². The van der Waals surface area contributed by atoms with E-state index in [-0.39, 0.29) is 18.1 Å². The van der Waals surface area contributed by atoms with Crippen molar-refractivity contribution in [1.29, 1.82) is 0 Å². The van der Waals surface area contributed by atoms with E-state index < -0.39 is 5.91 Å². The van der Waals surface area contributed by atoms with Crippen molar-refractivity contribution in [1.82, 2.24) is 9.88 Å². The lowest BCUT2D eigenvalue weighted by atomic mass is 10.1. The van der Waals surface area contributed by atoms with Gasteiger partial charge >= 0.3 is 0 Å². The largest absolute Gasteiger partial charge is 0.496 e. The Bertz CT molecular complexity index is 708. The number of hydrogen-bond donors (Lipinski definition) is 1. The minimum atomic E-state index is -0.403. The lowest BCUT2D eigenvalue weighted by Gasteiger charge is -2.16. The zero-order valence-electron chi connectivity index (χ0n) is 11.4. The molecule has 2 aromatic rings. The second kappa shape index (κ2) is 4.90. The van der Waals surface area contributed by atoms with Crippen molar-refractivity contribution in [3.05, 3.63) is 53.3 Å². The zero-order chi connectivity index (χ0) is 15.0. The van der Waals surface area contributed by atoms with Crippen molar-refractivity contribution in [2.45, 2.75) is 6.54 Å². The molecule has 0 spiro atoms.